The van der Waals surface area contributed by atoms with Crippen LogP contribution < -0.4 is 4.90 Å². The van der Waals surface area contributed by atoms with Gasteiger partial charge in [0, 0.05) is 51.0 Å². The number of benzene rings is 9. The molecule has 0 spiro atoms. The molecule has 0 fully saturated rings. The summed E-state index contributed by atoms with van der Waals surface area (Å²) >= 11 is 0. The third-order valence-electron chi connectivity index (χ3n) is 13.6. The molecule has 13 rings (SSSR count). The van der Waals surface area contributed by atoms with E-state index in [4.69, 9.17) is 8.83 Å². The number of para-hydroxylation sites is 3. The molecule has 0 radical (unpaired) electrons. The molecular weight excluding hydrogens is 755 g/mol. The van der Waals surface area contributed by atoms with Gasteiger partial charge >= 0.3 is 0 Å². The fourth-order valence-electron chi connectivity index (χ4n) is 11.0. The van der Waals surface area contributed by atoms with Gasteiger partial charge in [0.25, 0.3) is 0 Å². The number of fused-ring (bicyclic) bond motifs is 12. The Balaban J connectivity index is 1.14. The molecule has 294 valence electrons. The van der Waals surface area contributed by atoms with Gasteiger partial charge in [0.2, 0.25) is 0 Å². The summed E-state index contributed by atoms with van der Waals surface area (Å²) in [6, 6.07) is 68.8. The molecule has 2 atom stereocenters. The summed E-state index contributed by atoms with van der Waals surface area (Å²) in [6.45, 7) is 0. The summed E-state index contributed by atoms with van der Waals surface area (Å²) in [5.74, 6) is 1.16. The molecule has 0 amide bonds. The zero-order valence-electron chi connectivity index (χ0n) is 34.1. The van der Waals surface area contributed by atoms with Crippen LogP contribution in [0.5, 0.6) is 0 Å². The van der Waals surface area contributed by atoms with Crippen molar-refractivity contribution in [1.82, 2.24) is 0 Å². The van der Waals surface area contributed by atoms with E-state index in [9.17, 15) is 0 Å². The Morgan fingerprint density at radius 1 is 0.500 bits per heavy atom. The zero-order chi connectivity index (χ0) is 40.7. The minimum atomic E-state index is 0.0142. The van der Waals surface area contributed by atoms with E-state index in [0.29, 0.717) is 0 Å². The average Bonchev–Trinajstić information content (AvgIpc) is 3.84. The largest absolute Gasteiger partial charge is 0.460 e. The summed E-state index contributed by atoms with van der Waals surface area (Å²) in [5.41, 5.74) is 15.4. The lowest BCUT2D eigenvalue weighted by molar-refractivity contribution is 0.529. The van der Waals surface area contributed by atoms with Crippen LogP contribution in [0.25, 0.3) is 82.8 Å². The molecule has 0 bridgehead atoms. The molecule has 2 aliphatic carbocycles. The van der Waals surface area contributed by atoms with Gasteiger partial charge in [-0.2, -0.15) is 0 Å². The zero-order valence-corrected chi connectivity index (χ0v) is 34.1. The summed E-state index contributed by atoms with van der Waals surface area (Å²) in [4.78, 5) is 2.59. The van der Waals surface area contributed by atoms with Gasteiger partial charge in [-0.15, -0.1) is 0 Å². The van der Waals surface area contributed by atoms with Crippen molar-refractivity contribution in [2.75, 3.05) is 4.90 Å². The van der Waals surface area contributed by atoms with Gasteiger partial charge in [-0.1, -0.05) is 158 Å². The average molecular weight is 796 g/mol. The van der Waals surface area contributed by atoms with Gasteiger partial charge in [0.05, 0.1) is 6.04 Å². The first-order valence-electron chi connectivity index (χ1n) is 21.9. The molecule has 2 unspecified atom stereocenters. The van der Waals surface area contributed by atoms with Gasteiger partial charge in [0.15, 0.2) is 0 Å². The molecule has 2 heterocycles. The second-order valence-corrected chi connectivity index (χ2v) is 17.0. The van der Waals surface area contributed by atoms with E-state index in [1.54, 1.807) is 0 Å². The van der Waals surface area contributed by atoms with Crippen LogP contribution >= 0.6 is 0 Å². The Kier molecular flexibility index (Phi) is 7.93. The fourth-order valence-corrected chi connectivity index (χ4v) is 11.0. The highest BCUT2D eigenvalue weighted by Crippen LogP contribution is 2.54. The van der Waals surface area contributed by atoms with Gasteiger partial charge in [0.1, 0.15) is 22.5 Å². The number of furan rings is 2. The lowest BCUT2D eigenvalue weighted by Crippen LogP contribution is -2.33. The maximum Gasteiger partial charge on any atom is 0.136 e. The predicted octanol–water partition coefficient (Wildman–Crippen LogP) is 15.8. The van der Waals surface area contributed by atoms with Crippen molar-refractivity contribution in [2.45, 2.75) is 31.2 Å². The third-order valence-corrected chi connectivity index (χ3v) is 13.6. The van der Waals surface area contributed by atoms with Crippen molar-refractivity contribution in [3.8, 4) is 22.3 Å². The molecule has 3 nitrogen and oxygen atoms in total. The van der Waals surface area contributed by atoms with E-state index in [1.165, 1.54) is 82.5 Å². The van der Waals surface area contributed by atoms with Crippen molar-refractivity contribution in [3.63, 3.8) is 0 Å². The smallest absolute Gasteiger partial charge is 0.136 e. The lowest BCUT2D eigenvalue weighted by atomic mass is 9.81. The summed E-state index contributed by atoms with van der Waals surface area (Å²) in [5, 5.41) is 8.47. The summed E-state index contributed by atoms with van der Waals surface area (Å²) in [7, 11) is 0. The number of hydrogen-bond acceptors (Lipinski definition) is 3. The van der Waals surface area contributed by atoms with Gasteiger partial charge < -0.3 is 13.7 Å². The van der Waals surface area contributed by atoms with Crippen LogP contribution in [0.4, 0.5) is 11.4 Å². The van der Waals surface area contributed by atoms with Gasteiger partial charge in [-0.25, -0.2) is 0 Å². The van der Waals surface area contributed by atoms with Crippen LogP contribution in [-0.4, -0.2) is 6.04 Å². The Morgan fingerprint density at radius 3 is 2.00 bits per heavy atom. The highest BCUT2D eigenvalue weighted by atomic mass is 16.3. The molecule has 0 aliphatic heterocycles. The van der Waals surface area contributed by atoms with Crippen LogP contribution in [0, 0.1) is 0 Å². The number of anilines is 2. The number of hydrogen-bond donors (Lipinski definition) is 0. The molecule has 3 heteroatoms. The minimum Gasteiger partial charge on any atom is -0.460 e. The standard InChI is InChI=1S/C59H41NO2/c1-3-16-37(17-4-1)43-32-30-39-35-55-58(48-25-12-14-29-53(48)62-55)59(50-34-38-18-7-8-21-42(38)44-22-9-10-23-45(44)50)56(39)49-26-15-27-51(57(43)49)60(40-19-5-2-6-20-40)41-31-33-47-46-24-11-13-28-52(46)61-54(47)36-41/h1-29,31,33-35,41,43H,30,32,36H2. The molecule has 11 aromatic rings. The lowest BCUT2D eigenvalue weighted by Gasteiger charge is -2.37. The molecule has 2 aromatic heterocycles. The topological polar surface area (TPSA) is 29.5 Å². The Hall–Kier alpha value is -7.62. The van der Waals surface area contributed by atoms with E-state index >= 15 is 0 Å². The van der Waals surface area contributed by atoms with Crippen LogP contribution in [0.2, 0.25) is 0 Å². The molecular formula is C59H41NO2. The predicted molar refractivity (Wildman–Crippen MR) is 258 cm³/mol. The molecule has 9 aromatic carbocycles. The third kappa shape index (κ3) is 5.38. The van der Waals surface area contributed by atoms with Gasteiger partial charge in [-0.05, 0) is 110 Å². The first-order valence-corrected chi connectivity index (χ1v) is 21.9. The Morgan fingerprint density at radius 2 is 1.18 bits per heavy atom. The van der Waals surface area contributed by atoms with Crippen LogP contribution in [0.3, 0.4) is 0 Å². The first kappa shape index (κ1) is 35.2. The Bertz CT molecular complexity index is 3570. The molecule has 62 heavy (non-hydrogen) atoms. The Labute approximate surface area is 359 Å². The maximum absolute atomic E-state index is 6.85. The molecule has 2 aliphatic rings. The van der Waals surface area contributed by atoms with E-state index in [-0.39, 0.29) is 12.0 Å². The highest BCUT2D eigenvalue weighted by molar-refractivity contribution is 6.23. The summed E-state index contributed by atoms with van der Waals surface area (Å²) < 4.78 is 13.5. The van der Waals surface area contributed by atoms with Crippen molar-refractivity contribution in [3.05, 3.63) is 222 Å². The van der Waals surface area contributed by atoms with Crippen molar-refractivity contribution < 1.29 is 8.83 Å². The number of rotatable bonds is 5. The van der Waals surface area contributed by atoms with Crippen LogP contribution in [0.1, 0.15) is 40.4 Å². The van der Waals surface area contributed by atoms with Crippen molar-refractivity contribution in [2.24, 2.45) is 0 Å². The second kappa shape index (κ2) is 14.0. The molecule has 0 saturated heterocycles. The van der Waals surface area contributed by atoms with Crippen LogP contribution in [-0.2, 0) is 12.8 Å². The van der Waals surface area contributed by atoms with E-state index in [0.717, 1.165) is 52.8 Å². The van der Waals surface area contributed by atoms with E-state index < -0.39 is 0 Å². The second-order valence-electron chi connectivity index (χ2n) is 17.0. The van der Waals surface area contributed by atoms with Crippen molar-refractivity contribution >= 4 is 71.9 Å². The SMILES string of the molecule is C1=CC(N(c2ccccc2)c2cccc3c2C(c2ccccc2)CCc2cc4oc5ccccc5c4c(-c4cc5ccccc5c5ccccc45)c2-3)Cc2oc3ccccc3c21. The minimum absolute atomic E-state index is 0.0142. The van der Waals surface area contributed by atoms with Gasteiger partial charge in [-0.3, -0.25) is 0 Å². The van der Waals surface area contributed by atoms with Crippen molar-refractivity contribution in [1.29, 1.82) is 0 Å². The maximum atomic E-state index is 6.85. The number of nitrogens with zero attached hydrogens (tertiary/aromatic N) is 1. The molecule has 0 saturated carbocycles. The monoisotopic (exact) mass is 795 g/mol. The van der Waals surface area contributed by atoms with Crippen LogP contribution in [0.15, 0.2) is 203 Å². The summed E-state index contributed by atoms with van der Waals surface area (Å²) in [6.07, 6.45) is 7.28. The van der Waals surface area contributed by atoms with E-state index in [2.05, 4.69) is 205 Å². The molecule has 0 N–H and O–H groups in total. The van der Waals surface area contributed by atoms with E-state index in [1.807, 2.05) is 0 Å². The highest BCUT2D eigenvalue weighted by Gasteiger charge is 2.35. The first-order chi connectivity index (χ1) is 30.8. The quantitative estimate of drug-likeness (QED) is 0.163. The fraction of sp³-hybridized carbons (Fsp3) is 0.0847. The number of aryl methyl sites for hydroxylation is 1. The normalized spacial score (nSPS) is 15.8.